The van der Waals surface area contributed by atoms with Gasteiger partial charge in [-0.05, 0) is 56.4 Å². The molecule has 0 unspecified atom stereocenters. The minimum atomic E-state index is -0.174. The first-order valence-electron chi connectivity index (χ1n) is 5.81. The van der Waals surface area contributed by atoms with Crippen LogP contribution in [0.3, 0.4) is 0 Å². The smallest absolute Gasteiger partial charge is 0.171 e. The fraction of sp³-hybridized carbons (Fsp3) is 0.214. The summed E-state index contributed by atoms with van der Waals surface area (Å²) in [6, 6.07) is 5.44. The molecule has 1 aliphatic rings. The predicted octanol–water partition coefficient (Wildman–Crippen LogP) is 4.15. The second-order valence-electron chi connectivity index (χ2n) is 4.87. The van der Waals surface area contributed by atoms with E-state index in [1.165, 1.54) is 0 Å². The molecule has 0 fully saturated rings. The highest BCUT2D eigenvalue weighted by molar-refractivity contribution is 7.80. The average molecular weight is 313 g/mol. The van der Waals surface area contributed by atoms with Crippen LogP contribution >= 0.6 is 35.4 Å². The van der Waals surface area contributed by atoms with E-state index >= 15 is 0 Å². The van der Waals surface area contributed by atoms with Gasteiger partial charge in [0.15, 0.2) is 5.11 Å². The van der Waals surface area contributed by atoms with Crippen LogP contribution in [-0.4, -0.2) is 10.7 Å². The molecule has 0 atom stereocenters. The van der Waals surface area contributed by atoms with Crippen molar-refractivity contribution in [2.75, 3.05) is 0 Å². The normalized spacial score (nSPS) is 17.9. The van der Waals surface area contributed by atoms with Crippen molar-refractivity contribution in [1.82, 2.24) is 10.6 Å². The maximum atomic E-state index is 6.12. The van der Waals surface area contributed by atoms with E-state index in [2.05, 4.69) is 30.6 Å². The van der Waals surface area contributed by atoms with Crippen molar-refractivity contribution in [3.63, 3.8) is 0 Å². The Kier molecular flexibility index (Phi) is 4.19. The van der Waals surface area contributed by atoms with E-state index in [1.807, 2.05) is 30.4 Å². The van der Waals surface area contributed by atoms with Crippen LogP contribution in [0.25, 0.3) is 6.08 Å². The van der Waals surface area contributed by atoms with Crippen molar-refractivity contribution in [3.05, 3.63) is 51.7 Å². The molecule has 2 nitrogen and oxygen atoms in total. The van der Waals surface area contributed by atoms with Crippen molar-refractivity contribution in [2.45, 2.75) is 19.4 Å². The molecule has 0 bridgehead atoms. The van der Waals surface area contributed by atoms with Gasteiger partial charge in [-0.3, -0.25) is 0 Å². The molecule has 19 heavy (non-hydrogen) atoms. The van der Waals surface area contributed by atoms with E-state index in [4.69, 9.17) is 35.4 Å². The van der Waals surface area contributed by atoms with Crippen molar-refractivity contribution >= 4 is 46.6 Å². The van der Waals surface area contributed by atoms with Gasteiger partial charge in [0.05, 0.1) is 5.54 Å². The van der Waals surface area contributed by atoms with Crippen LogP contribution in [-0.2, 0) is 0 Å². The Bertz CT molecular complexity index is 557. The zero-order chi connectivity index (χ0) is 14.0. The summed E-state index contributed by atoms with van der Waals surface area (Å²) in [4.78, 5) is 0. The second kappa shape index (κ2) is 5.53. The highest BCUT2D eigenvalue weighted by Gasteiger charge is 2.21. The summed E-state index contributed by atoms with van der Waals surface area (Å²) in [5.74, 6) is 0. The second-order valence-corrected chi connectivity index (χ2v) is 6.09. The van der Waals surface area contributed by atoms with Gasteiger partial charge in [-0.2, -0.15) is 0 Å². The summed E-state index contributed by atoms with van der Waals surface area (Å²) >= 11 is 17.4. The summed E-state index contributed by atoms with van der Waals surface area (Å²) in [6.45, 7) is 4.10. The topological polar surface area (TPSA) is 24.1 Å². The zero-order valence-corrected chi connectivity index (χ0v) is 13.0. The number of hydrogen-bond donors (Lipinski definition) is 2. The van der Waals surface area contributed by atoms with E-state index in [-0.39, 0.29) is 5.54 Å². The van der Waals surface area contributed by atoms with Crippen molar-refractivity contribution in [3.8, 4) is 0 Å². The van der Waals surface area contributed by atoms with Gasteiger partial charge in [0.25, 0.3) is 0 Å². The van der Waals surface area contributed by atoms with Crippen LogP contribution < -0.4 is 10.6 Å². The van der Waals surface area contributed by atoms with Crippen LogP contribution in [0.2, 0.25) is 10.0 Å². The summed E-state index contributed by atoms with van der Waals surface area (Å²) in [6.07, 6.45) is 5.86. The Labute approximate surface area is 128 Å². The maximum Gasteiger partial charge on any atom is 0.171 e. The molecule has 0 aromatic heterocycles. The van der Waals surface area contributed by atoms with Gasteiger partial charge in [0.1, 0.15) is 0 Å². The highest BCUT2D eigenvalue weighted by atomic mass is 35.5. The third kappa shape index (κ3) is 3.72. The third-order valence-corrected chi connectivity index (χ3v) is 3.50. The lowest BCUT2D eigenvalue weighted by Crippen LogP contribution is -2.51. The lowest BCUT2D eigenvalue weighted by molar-refractivity contribution is 0.555. The Balaban J connectivity index is 2.28. The van der Waals surface area contributed by atoms with Crippen molar-refractivity contribution < 1.29 is 0 Å². The van der Waals surface area contributed by atoms with Crippen LogP contribution in [0.15, 0.2) is 36.0 Å². The fourth-order valence-electron chi connectivity index (χ4n) is 1.85. The Morgan fingerprint density at radius 3 is 2.37 bits per heavy atom. The van der Waals surface area contributed by atoms with E-state index < -0.39 is 0 Å². The Hall–Kier alpha value is -1.03. The minimum absolute atomic E-state index is 0.174. The zero-order valence-electron chi connectivity index (χ0n) is 10.6. The van der Waals surface area contributed by atoms with Crippen LogP contribution in [0, 0.1) is 0 Å². The quantitative estimate of drug-likeness (QED) is 0.802. The SMILES string of the molecule is CC1(C)C=C(/C=C/c2c(Cl)cccc2Cl)NC(=S)N1. The standard InChI is InChI=1S/C14H14Cl2N2S/c1-14(2)8-9(17-13(19)18-14)6-7-10-11(15)4-3-5-12(10)16/h3-8H,1-2H3,(H2,17,18,19)/b7-6+. The molecule has 2 rings (SSSR count). The van der Waals surface area contributed by atoms with Crippen LogP contribution in [0.4, 0.5) is 0 Å². The molecular weight excluding hydrogens is 299 g/mol. The number of halogens is 2. The molecule has 100 valence electrons. The van der Waals surface area contributed by atoms with Gasteiger partial charge >= 0.3 is 0 Å². The van der Waals surface area contributed by atoms with E-state index in [0.29, 0.717) is 15.2 Å². The number of allylic oxidation sites excluding steroid dienone is 1. The summed E-state index contributed by atoms with van der Waals surface area (Å²) in [5.41, 5.74) is 1.55. The fourth-order valence-corrected chi connectivity index (χ4v) is 2.75. The molecule has 1 heterocycles. The molecule has 1 aromatic rings. The van der Waals surface area contributed by atoms with Gasteiger partial charge in [-0.1, -0.05) is 29.3 Å². The van der Waals surface area contributed by atoms with Gasteiger partial charge in [0.2, 0.25) is 0 Å². The largest absolute Gasteiger partial charge is 0.354 e. The van der Waals surface area contributed by atoms with Gasteiger partial charge in [0, 0.05) is 21.3 Å². The third-order valence-electron chi connectivity index (χ3n) is 2.64. The van der Waals surface area contributed by atoms with Crippen molar-refractivity contribution in [2.24, 2.45) is 0 Å². The lowest BCUT2D eigenvalue weighted by atomic mass is 10.0. The molecule has 2 N–H and O–H groups in total. The van der Waals surface area contributed by atoms with Crippen LogP contribution in [0.1, 0.15) is 19.4 Å². The molecular formula is C14H14Cl2N2S. The number of rotatable bonds is 2. The molecule has 0 saturated carbocycles. The Morgan fingerprint density at radius 2 is 1.79 bits per heavy atom. The Morgan fingerprint density at radius 1 is 1.16 bits per heavy atom. The number of nitrogens with one attached hydrogen (secondary N) is 2. The maximum absolute atomic E-state index is 6.12. The van der Waals surface area contributed by atoms with E-state index in [0.717, 1.165) is 11.3 Å². The summed E-state index contributed by atoms with van der Waals surface area (Å²) < 4.78 is 0. The number of benzene rings is 1. The first kappa shape index (κ1) is 14.4. The van der Waals surface area contributed by atoms with E-state index in [1.54, 1.807) is 0 Å². The average Bonchev–Trinajstić information content (AvgIpc) is 2.25. The molecule has 0 amide bonds. The molecule has 0 aliphatic carbocycles. The minimum Gasteiger partial charge on any atom is -0.354 e. The highest BCUT2D eigenvalue weighted by Crippen LogP contribution is 2.26. The molecule has 1 aromatic carbocycles. The molecule has 0 spiro atoms. The van der Waals surface area contributed by atoms with Gasteiger partial charge in [-0.25, -0.2) is 0 Å². The molecule has 1 aliphatic heterocycles. The van der Waals surface area contributed by atoms with Crippen LogP contribution in [0.5, 0.6) is 0 Å². The van der Waals surface area contributed by atoms with Crippen molar-refractivity contribution in [1.29, 1.82) is 0 Å². The summed E-state index contributed by atoms with van der Waals surface area (Å²) in [5, 5.41) is 8.11. The first-order valence-corrected chi connectivity index (χ1v) is 6.98. The van der Waals surface area contributed by atoms with Gasteiger partial charge < -0.3 is 10.6 Å². The molecule has 0 radical (unpaired) electrons. The summed E-state index contributed by atoms with van der Waals surface area (Å²) in [7, 11) is 0. The number of thiocarbonyl (C=S) groups is 1. The monoisotopic (exact) mass is 312 g/mol. The van der Waals surface area contributed by atoms with E-state index in [9.17, 15) is 0 Å². The number of hydrogen-bond acceptors (Lipinski definition) is 1. The lowest BCUT2D eigenvalue weighted by Gasteiger charge is -2.30. The van der Waals surface area contributed by atoms with Gasteiger partial charge in [-0.15, -0.1) is 0 Å². The molecule has 5 heteroatoms. The predicted molar refractivity (Wildman–Crippen MR) is 86.5 cm³/mol. The molecule has 0 saturated heterocycles. The first-order chi connectivity index (χ1) is 8.87.